The molecule has 2 rings (SSSR count). The van der Waals surface area contributed by atoms with Crippen LogP contribution in [0.3, 0.4) is 0 Å². The highest BCUT2D eigenvalue weighted by Gasteiger charge is 2.36. The molecule has 0 aliphatic carbocycles. The minimum Gasteiger partial charge on any atom is -0.480 e. The van der Waals surface area contributed by atoms with Crippen LogP contribution in [0.25, 0.3) is 0 Å². The normalized spacial score (nSPS) is 13.3. The van der Waals surface area contributed by atoms with Crippen molar-refractivity contribution in [1.29, 1.82) is 0 Å². The van der Waals surface area contributed by atoms with Crippen molar-refractivity contribution in [3.8, 4) is 0 Å². The number of hydrogen-bond donors (Lipinski definition) is 2. The first-order valence-corrected chi connectivity index (χ1v) is 5.96. The van der Waals surface area contributed by atoms with E-state index in [0.717, 1.165) is 0 Å². The monoisotopic (exact) mass is 276 g/mol. The van der Waals surface area contributed by atoms with Crippen LogP contribution in [0.5, 0.6) is 0 Å². The summed E-state index contributed by atoms with van der Waals surface area (Å²) in [7, 11) is 0. The number of amides is 3. The second-order valence-corrected chi connectivity index (χ2v) is 4.25. The van der Waals surface area contributed by atoms with Gasteiger partial charge in [-0.1, -0.05) is 6.92 Å². The standard InChI is InChI=1S/C13H12N2O5/c1-2-10(16)14-7-3-4-8-9(5-7)13(20)15(12(8)19)6-11(17)18/h3-5H,2,6H2,1H3,(H,14,16)(H,17,18). The van der Waals surface area contributed by atoms with Crippen molar-refractivity contribution in [3.63, 3.8) is 0 Å². The van der Waals surface area contributed by atoms with Gasteiger partial charge in [0.25, 0.3) is 11.8 Å². The Balaban J connectivity index is 2.31. The Labute approximate surface area is 114 Å². The van der Waals surface area contributed by atoms with E-state index in [1.165, 1.54) is 18.2 Å². The van der Waals surface area contributed by atoms with E-state index < -0.39 is 24.3 Å². The van der Waals surface area contributed by atoms with E-state index >= 15 is 0 Å². The van der Waals surface area contributed by atoms with Crippen LogP contribution in [0.2, 0.25) is 0 Å². The van der Waals surface area contributed by atoms with Crippen LogP contribution < -0.4 is 5.32 Å². The van der Waals surface area contributed by atoms with Crippen molar-refractivity contribution >= 4 is 29.4 Å². The van der Waals surface area contributed by atoms with E-state index in [2.05, 4.69) is 5.32 Å². The third-order valence-electron chi connectivity index (χ3n) is 2.87. The van der Waals surface area contributed by atoms with Gasteiger partial charge >= 0.3 is 5.97 Å². The van der Waals surface area contributed by atoms with Gasteiger partial charge in [0.15, 0.2) is 0 Å². The van der Waals surface area contributed by atoms with Gasteiger partial charge in [-0.05, 0) is 18.2 Å². The van der Waals surface area contributed by atoms with Crippen molar-refractivity contribution in [1.82, 2.24) is 4.90 Å². The second-order valence-electron chi connectivity index (χ2n) is 4.25. The molecule has 0 aromatic heterocycles. The van der Waals surface area contributed by atoms with Gasteiger partial charge < -0.3 is 10.4 Å². The van der Waals surface area contributed by atoms with Crippen LogP contribution in [-0.4, -0.2) is 40.2 Å². The van der Waals surface area contributed by atoms with Gasteiger partial charge in [-0.2, -0.15) is 0 Å². The first-order chi connectivity index (χ1) is 9.43. The fourth-order valence-corrected chi connectivity index (χ4v) is 1.90. The predicted octanol–water partition coefficient (Wildman–Crippen LogP) is 0.716. The highest BCUT2D eigenvalue weighted by molar-refractivity contribution is 6.22. The summed E-state index contributed by atoms with van der Waals surface area (Å²) in [5.41, 5.74) is 0.643. The molecule has 1 heterocycles. The molecule has 104 valence electrons. The molecule has 1 aliphatic rings. The SMILES string of the molecule is CCC(=O)Nc1ccc2c(c1)C(=O)N(CC(=O)O)C2=O. The first-order valence-electron chi connectivity index (χ1n) is 5.96. The zero-order valence-electron chi connectivity index (χ0n) is 10.7. The number of carbonyl (C=O) groups excluding carboxylic acids is 3. The number of nitrogens with one attached hydrogen (secondary N) is 1. The lowest BCUT2D eigenvalue weighted by molar-refractivity contribution is -0.137. The van der Waals surface area contributed by atoms with Gasteiger partial charge in [-0.3, -0.25) is 24.1 Å². The number of carbonyl (C=O) groups is 4. The van der Waals surface area contributed by atoms with Crippen molar-refractivity contribution in [2.24, 2.45) is 0 Å². The molecule has 0 saturated heterocycles. The molecule has 0 unspecified atom stereocenters. The van der Waals surface area contributed by atoms with E-state index in [9.17, 15) is 19.2 Å². The van der Waals surface area contributed by atoms with Gasteiger partial charge in [-0.15, -0.1) is 0 Å². The minimum atomic E-state index is -1.26. The highest BCUT2D eigenvalue weighted by atomic mass is 16.4. The summed E-state index contributed by atoms with van der Waals surface area (Å²) in [4.78, 5) is 46.5. The van der Waals surface area contributed by atoms with Crippen molar-refractivity contribution < 1.29 is 24.3 Å². The van der Waals surface area contributed by atoms with Gasteiger partial charge in [0.2, 0.25) is 5.91 Å². The average molecular weight is 276 g/mol. The molecule has 7 nitrogen and oxygen atoms in total. The molecule has 0 spiro atoms. The zero-order chi connectivity index (χ0) is 14.9. The van der Waals surface area contributed by atoms with Crippen LogP contribution in [0, 0.1) is 0 Å². The first kappa shape index (κ1) is 13.7. The van der Waals surface area contributed by atoms with Gasteiger partial charge in [0.05, 0.1) is 11.1 Å². The van der Waals surface area contributed by atoms with Crippen LogP contribution in [0.15, 0.2) is 18.2 Å². The van der Waals surface area contributed by atoms with E-state index in [-0.39, 0.29) is 23.5 Å². The number of carboxylic acid groups (broad SMARTS) is 1. The van der Waals surface area contributed by atoms with E-state index in [1.54, 1.807) is 6.92 Å². The largest absolute Gasteiger partial charge is 0.480 e. The van der Waals surface area contributed by atoms with Crippen LogP contribution >= 0.6 is 0 Å². The van der Waals surface area contributed by atoms with E-state index in [4.69, 9.17) is 5.11 Å². The molecular weight excluding hydrogens is 264 g/mol. The number of anilines is 1. The Bertz CT molecular complexity index is 623. The maximum Gasteiger partial charge on any atom is 0.323 e. The summed E-state index contributed by atoms with van der Waals surface area (Å²) in [6, 6.07) is 4.29. The number of carboxylic acids is 1. The topological polar surface area (TPSA) is 104 Å². The number of nitrogens with zero attached hydrogens (tertiary/aromatic N) is 1. The molecule has 20 heavy (non-hydrogen) atoms. The zero-order valence-corrected chi connectivity index (χ0v) is 10.7. The Morgan fingerprint density at radius 1 is 1.20 bits per heavy atom. The lowest BCUT2D eigenvalue weighted by Gasteiger charge is -2.09. The van der Waals surface area contributed by atoms with Crippen LogP contribution in [0.1, 0.15) is 34.1 Å². The molecule has 0 fully saturated rings. The Morgan fingerprint density at radius 2 is 1.85 bits per heavy atom. The number of benzene rings is 1. The number of hydrogen-bond acceptors (Lipinski definition) is 4. The summed E-state index contributed by atoms with van der Waals surface area (Å²) in [5.74, 6) is -2.79. The lowest BCUT2D eigenvalue weighted by atomic mass is 10.1. The van der Waals surface area contributed by atoms with E-state index in [0.29, 0.717) is 10.6 Å². The summed E-state index contributed by atoms with van der Waals surface area (Å²) < 4.78 is 0. The van der Waals surface area contributed by atoms with Crippen molar-refractivity contribution in [2.75, 3.05) is 11.9 Å². The number of aliphatic carboxylic acids is 1. The summed E-state index contributed by atoms with van der Waals surface area (Å²) in [5, 5.41) is 11.3. The molecular formula is C13H12N2O5. The minimum absolute atomic E-state index is 0.102. The number of rotatable bonds is 4. The Hall–Kier alpha value is -2.70. The van der Waals surface area contributed by atoms with Gasteiger partial charge in [0.1, 0.15) is 6.54 Å². The average Bonchev–Trinajstić information content (AvgIpc) is 2.63. The molecule has 0 bridgehead atoms. The summed E-state index contributed by atoms with van der Waals surface area (Å²) in [6.45, 7) is 1.01. The summed E-state index contributed by atoms with van der Waals surface area (Å²) >= 11 is 0. The maximum atomic E-state index is 12.0. The van der Waals surface area contributed by atoms with E-state index in [1.807, 2.05) is 0 Å². The molecule has 0 radical (unpaired) electrons. The molecule has 2 N–H and O–H groups in total. The second kappa shape index (κ2) is 5.12. The molecule has 1 aliphatic heterocycles. The third-order valence-corrected chi connectivity index (χ3v) is 2.87. The molecule has 1 aromatic carbocycles. The van der Waals surface area contributed by atoms with Crippen molar-refractivity contribution in [2.45, 2.75) is 13.3 Å². The Kier molecular flexibility index (Phi) is 3.51. The molecule has 0 saturated carbocycles. The maximum absolute atomic E-state index is 12.0. The quantitative estimate of drug-likeness (QED) is 0.788. The number of imide groups is 1. The van der Waals surface area contributed by atoms with Gasteiger partial charge in [0, 0.05) is 12.1 Å². The Morgan fingerprint density at radius 3 is 2.45 bits per heavy atom. The van der Waals surface area contributed by atoms with Crippen LogP contribution in [0.4, 0.5) is 5.69 Å². The smallest absolute Gasteiger partial charge is 0.323 e. The van der Waals surface area contributed by atoms with Crippen LogP contribution in [-0.2, 0) is 9.59 Å². The fourth-order valence-electron chi connectivity index (χ4n) is 1.90. The molecule has 3 amide bonds. The third kappa shape index (κ3) is 2.37. The molecule has 1 aromatic rings. The predicted molar refractivity (Wildman–Crippen MR) is 68.4 cm³/mol. The lowest BCUT2D eigenvalue weighted by Crippen LogP contribution is -2.34. The molecule has 7 heteroatoms. The number of fused-ring (bicyclic) bond motifs is 1. The molecule has 0 atom stereocenters. The highest BCUT2D eigenvalue weighted by Crippen LogP contribution is 2.25. The fraction of sp³-hybridized carbons (Fsp3) is 0.231. The van der Waals surface area contributed by atoms with Gasteiger partial charge in [-0.25, -0.2) is 0 Å². The summed E-state index contributed by atoms with van der Waals surface area (Å²) in [6.07, 6.45) is 0.287. The van der Waals surface area contributed by atoms with Crippen molar-refractivity contribution in [3.05, 3.63) is 29.3 Å².